The van der Waals surface area contributed by atoms with E-state index in [0.29, 0.717) is 29.2 Å². The van der Waals surface area contributed by atoms with Gasteiger partial charge in [-0.1, -0.05) is 38.1 Å². The molecule has 3 N–H and O–H groups in total. The van der Waals surface area contributed by atoms with Crippen LogP contribution in [-0.2, 0) is 17.2 Å². The summed E-state index contributed by atoms with van der Waals surface area (Å²) in [6.45, 7) is 4.26. The van der Waals surface area contributed by atoms with E-state index in [2.05, 4.69) is 25.2 Å². The smallest absolute Gasteiger partial charge is 0.250 e. The number of carbonyl (C=O) groups is 2. The van der Waals surface area contributed by atoms with Crippen LogP contribution in [0.25, 0.3) is 22.0 Å². The molecule has 2 aliphatic rings. The summed E-state index contributed by atoms with van der Waals surface area (Å²) < 4.78 is 13.6. The number of carbonyl (C=O) groups excluding carboxylic acids is 2. The minimum atomic E-state index is -0.756. The maximum absolute atomic E-state index is 13.1. The molecule has 1 fully saturated rings. The minimum Gasteiger partial charge on any atom is -0.382 e. The number of fused-ring (bicyclic) bond motifs is 3. The lowest BCUT2D eigenvalue weighted by Gasteiger charge is -2.30. The molecule has 1 saturated heterocycles. The predicted octanol–water partition coefficient (Wildman–Crippen LogP) is 4.34. The zero-order valence-electron chi connectivity index (χ0n) is 19.0. The standard InChI is InChI=1S/C26H29N3O3S/c1-26(2)14-22-24(19-5-3-4-6-21(19)29(22)23(30)15-26)16-7-8-18(25(27)31)20(13-16)28-17-9-11-33(32)12-10-17/h3-8,13,17,28H,9-12,14-15H2,1-2H3,(H2,27,31). The predicted molar refractivity (Wildman–Crippen MR) is 133 cm³/mol. The Balaban J connectivity index is 1.66. The third-order valence-electron chi connectivity index (χ3n) is 6.82. The Morgan fingerprint density at radius 2 is 1.85 bits per heavy atom. The van der Waals surface area contributed by atoms with E-state index >= 15 is 0 Å². The molecule has 5 rings (SSSR count). The summed E-state index contributed by atoms with van der Waals surface area (Å²) >= 11 is 0. The first kappa shape index (κ1) is 21.9. The van der Waals surface area contributed by atoms with Gasteiger partial charge in [-0.05, 0) is 48.4 Å². The van der Waals surface area contributed by atoms with Gasteiger partial charge in [0.05, 0.1) is 11.1 Å². The van der Waals surface area contributed by atoms with Crippen LogP contribution in [0.5, 0.6) is 0 Å². The van der Waals surface area contributed by atoms with Crippen LogP contribution in [0.2, 0.25) is 0 Å². The number of benzene rings is 2. The number of nitrogens with zero attached hydrogens (tertiary/aromatic N) is 1. The normalized spacial score (nSPS) is 22.2. The number of primary amides is 1. The maximum Gasteiger partial charge on any atom is 0.250 e. The van der Waals surface area contributed by atoms with Crippen molar-refractivity contribution < 1.29 is 13.8 Å². The fourth-order valence-corrected chi connectivity index (χ4v) is 6.56. The number of para-hydroxylation sites is 1. The summed E-state index contributed by atoms with van der Waals surface area (Å²) in [5.41, 5.74) is 10.6. The molecular weight excluding hydrogens is 434 g/mol. The molecule has 3 heterocycles. The summed E-state index contributed by atoms with van der Waals surface area (Å²) in [4.78, 5) is 25.3. The highest BCUT2D eigenvalue weighted by Gasteiger charge is 2.35. The van der Waals surface area contributed by atoms with E-state index in [1.165, 1.54) is 0 Å². The highest BCUT2D eigenvalue weighted by molar-refractivity contribution is 7.85. The lowest BCUT2D eigenvalue weighted by atomic mass is 9.80. The lowest BCUT2D eigenvalue weighted by molar-refractivity contribution is 0.0816. The molecule has 0 bridgehead atoms. The molecule has 3 aromatic rings. The van der Waals surface area contributed by atoms with Crippen LogP contribution in [0.15, 0.2) is 42.5 Å². The highest BCUT2D eigenvalue weighted by Crippen LogP contribution is 2.43. The Morgan fingerprint density at radius 1 is 1.12 bits per heavy atom. The molecule has 0 aliphatic carbocycles. The van der Waals surface area contributed by atoms with Gasteiger partial charge in [-0.3, -0.25) is 18.4 Å². The second-order valence-corrected chi connectivity index (χ2v) is 11.7. The van der Waals surface area contributed by atoms with Crippen LogP contribution in [0.1, 0.15) is 54.0 Å². The molecule has 0 saturated carbocycles. The van der Waals surface area contributed by atoms with Crippen LogP contribution < -0.4 is 11.1 Å². The van der Waals surface area contributed by atoms with Crippen molar-refractivity contribution in [1.29, 1.82) is 0 Å². The molecule has 172 valence electrons. The first-order chi connectivity index (χ1) is 15.7. The van der Waals surface area contributed by atoms with E-state index in [9.17, 15) is 13.8 Å². The third-order valence-corrected chi connectivity index (χ3v) is 8.20. The van der Waals surface area contributed by atoms with Gasteiger partial charge in [0.1, 0.15) is 0 Å². The number of nitrogens with one attached hydrogen (secondary N) is 1. The Labute approximate surface area is 196 Å². The van der Waals surface area contributed by atoms with Crippen molar-refractivity contribution in [2.45, 2.75) is 45.6 Å². The molecule has 2 aromatic carbocycles. The lowest BCUT2D eigenvalue weighted by Crippen LogP contribution is -2.31. The molecule has 0 radical (unpaired) electrons. The van der Waals surface area contributed by atoms with Crippen molar-refractivity contribution in [2.75, 3.05) is 16.8 Å². The van der Waals surface area contributed by atoms with Crippen LogP contribution >= 0.6 is 0 Å². The summed E-state index contributed by atoms with van der Waals surface area (Å²) in [7, 11) is -0.756. The van der Waals surface area contributed by atoms with Gasteiger partial charge in [-0.2, -0.15) is 0 Å². The quantitative estimate of drug-likeness (QED) is 0.602. The average Bonchev–Trinajstić information content (AvgIpc) is 3.08. The summed E-state index contributed by atoms with van der Waals surface area (Å²) in [6.07, 6.45) is 2.89. The zero-order chi connectivity index (χ0) is 23.3. The average molecular weight is 464 g/mol. The molecule has 7 heteroatoms. The molecule has 0 atom stereocenters. The summed E-state index contributed by atoms with van der Waals surface area (Å²) in [5, 5.41) is 4.53. The monoisotopic (exact) mass is 463 g/mol. The molecule has 6 nitrogen and oxygen atoms in total. The number of nitrogens with two attached hydrogens (primary N) is 1. The first-order valence-electron chi connectivity index (χ1n) is 11.4. The number of aromatic nitrogens is 1. The van der Waals surface area contributed by atoms with Gasteiger partial charge in [0.25, 0.3) is 5.91 Å². The van der Waals surface area contributed by atoms with E-state index in [0.717, 1.165) is 47.0 Å². The fourth-order valence-electron chi connectivity index (χ4n) is 5.26. The van der Waals surface area contributed by atoms with E-state index < -0.39 is 16.7 Å². The van der Waals surface area contributed by atoms with Gasteiger partial charge in [0, 0.05) is 57.1 Å². The van der Waals surface area contributed by atoms with E-state index in [-0.39, 0.29) is 17.4 Å². The van der Waals surface area contributed by atoms with Crippen LogP contribution in [-0.4, -0.2) is 38.1 Å². The molecule has 33 heavy (non-hydrogen) atoms. The van der Waals surface area contributed by atoms with Crippen LogP contribution in [0, 0.1) is 5.41 Å². The maximum atomic E-state index is 13.1. The van der Waals surface area contributed by atoms with E-state index in [1.54, 1.807) is 6.07 Å². The van der Waals surface area contributed by atoms with Gasteiger partial charge in [0.2, 0.25) is 5.91 Å². The van der Waals surface area contributed by atoms with Gasteiger partial charge in [-0.15, -0.1) is 0 Å². The number of hydrogen-bond donors (Lipinski definition) is 2. The second kappa shape index (κ2) is 8.13. The topological polar surface area (TPSA) is 94.2 Å². The Kier molecular flexibility index (Phi) is 5.40. The van der Waals surface area contributed by atoms with E-state index in [4.69, 9.17) is 5.73 Å². The van der Waals surface area contributed by atoms with Crippen molar-refractivity contribution in [2.24, 2.45) is 11.1 Å². The zero-order valence-corrected chi connectivity index (χ0v) is 19.8. The van der Waals surface area contributed by atoms with Crippen molar-refractivity contribution in [3.8, 4) is 11.1 Å². The molecule has 0 unspecified atom stereocenters. The second-order valence-electron chi connectivity index (χ2n) is 9.98. The molecule has 1 amide bonds. The molecule has 2 aliphatic heterocycles. The largest absolute Gasteiger partial charge is 0.382 e. The SMILES string of the molecule is CC1(C)CC(=O)n2c(c(-c3ccc(C(N)=O)c(NC4CCS(=O)CC4)c3)c3ccccc32)C1. The Bertz CT molecular complexity index is 1300. The first-order valence-corrected chi connectivity index (χ1v) is 12.9. The van der Waals surface area contributed by atoms with Crippen LogP contribution in [0.4, 0.5) is 5.69 Å². The van der Waals surface area contributed by atoms with Crippen molar-refractivity contribution >= 4 is 39.2 Å². The number of rotatable bonds is 4. The number of anilines is 1. The molecular formula is C26H29N3O3S. The van der Waals surface area contributed by atoms with Gasteiger partial charge in [0.15, 0.2) is 0 Å². The van der Waals surface area contributed by atoms with Crippen LogP contribution in [0.3, 0.4) is 0 Å². The molecule has 0 spiro atoms. The Hall–Kier alpha value is -2.93. The summed E-state index contributed by atoms with van der Waals surface area (Å²) in [6, 6.07) is 13.8. The van der Waals surface area contributed by atoms with E-state index in [1.807, 2.05) is 34.9 Å². The molecule has 1 aromatic heterocycles. The van der Waals surface area contributed by atoms with Crippen molar-refractivity contribution in [3.05, 3.63) is 53.7 Å². The van der Waals surface area contributed by atoms with Gasteiger partial charge in [-0.25, -0.2) is 0 Å². The van der Waals surface area contributed by atoms with Crippen molar-refractivity contribution in [1.82, 2.24) is 4.57 Å². The van der Waals surface area contributed by atoms with Gasteiger partial charge < -0.3 is 11.1 Å². The van der Waals surface area contributed by atoms with Crippen molar-refractivity contribution in [3.63, 3.8) is 0 Å². The number of amides is 1. The summed E-state index contributed by atoms with van der Waals surface area (Å²) in [5.74, 6) is 0.963. The third kappa shape index (κ3) is 3.99. The number of hydrogen-bond acceptors (Lipinski definition) is 4. The minimum absolute atomic E-state index is 0.117. The fraction of sp³-hybridized carbons (Fsp3) is 0.385. The highest BCUT2D eigenvalue weighted by atomic mass is 32.2. The Morgan fingerprint density at radius 3 is 2.58 bits per heavy atom. The van der Waals surface area contributed by atoms with Gasteiger partial charge >= 0.3 is 0 Å².